The topological polar surface area (TPSA) is 41.6 Å². The van der Waals surface area contributed by atoms with Gasteiger partial charge in [0.15, 0.2) is 0 Å². The maximum absolute atomic E-state index is 12.6. The van der Waals surface area contributed by atoms with Gasteiger partial charge in [-0.05, 0) is 67.0 Å². The van der Waals surface area contributed by atoms with E-state index >= 15 is 0 Å². The molecule has 1 unspecified atom stereocenters. The fourth-order valence-corrected chi connectivity index (χ4v) is 3.05. The molecular weight excluding hydrogens is 377 g/mol. The summed E-state index contributed by atoms with van der Waals surface area (Å²) in [7, 11) is 2.04. The van der Waals surface area contributed by atoms with Gasteiger partial charge < -0.3 is 9.64 Å². The number of benzene rings is 1. The van der Waals surface area contributed by atoms with Crippen molar-refractivity contribution in [2.75, 3.05) is 25.5 Å². The predicted molar refractivity (Wildman–Crippen MR) is 84.4 cm³/mol. The quantitative estimate of drug-likeness (QED) is 0.817. The average Bonchev–Trinajstić information content (AvgIpc) is 2.85. The highest BCUT2D eigenvalue weighted by molar-refractivity contribution is 9.10. The number of hydrogen-bond donors (Lipinski definition) is 1. The van der Waals surface area contributed by atoms with Crippen molar-refractivity contribution in [2.24, 2.45) is 0 Å². The predicted octanol–water partition coefficient (Wildman–Crippen LogP) is 4.50. The molecule has 128 valence electrons. The molecule has 0 bridgehead atoms. The summed E-state index contributed by atoms with van der Waals surface area (Å²) >= 11 is 3.02. The Hall–Kier alpha value is -1.28. The molecule has 0 aliphatic carbocycles. The number of amides is 1. The van der Waals surface area contributed by atoms with Gasteiger partial charge >= 0.3 is 12.3 Å². The highest BCUT2D eigenvalue weighted by atomic mass is 79.9. The van der Waals surface area contributed by atoms with Crippen LogP contribution in [0.25, 0.3) is 0 Å². The Kier molecular flexibility index (Phi) is 5.91. The van der Waals surface area contributed by atoms with Gasteiger partial charge in [0.1, 0.15) is 0 Å². The first-order chi connectivity index (χ1) is 10.8. The third-order valence-corrected chi connectivity index (χ3v) is 4.54. The van der Waals surface area contributed by atoms with Crippen molar-refractivity contribution in [1.29, 1.82) is 0 Å². The monoisotopic (exact) mass is 394 g/mol. The van der Waals surface area contributed by atoms with E-state index in [1.165, 1.54) is 6.07 Å². The number of likely N-dealkylation sites (tertiary alicyclic amines) is 1. The van der Waals surface area contributed by atoms with Gasteiger partial charge in [-0.2, -0.15) is 13.2 Å². The van der Waals surface area contributed by atoms with E-state index in [1.807, 2.05) is 7.05 Å². The molecule has 1 atom stereocenters. The summed E-state index contributed by atoms with van der Waals surface area (Å²) in [6, 6.07) is 3.44. The molecule has 1 N–H and O–H groups in total. The molecule has 1 saturated heterocycles. The minimum Gasteiger partial charge on any atom is -0.449 e. The molecule has 2 rings (SSSR count). The minimum atomic E-state index is -4.42. The van der Waals surface area contributed by atoms with E-state index < -0.39 is 17.8 Å². The van der Waals surface area contributed by atoms with Crippen LogP contribution in [-0.4, -0.2) is 37.2 Å². The lowest BCUT2D eigenvalue weighted by Crippen LogP contribution is -2.27. The van der Waals surface area contributed by atoms with Gasteiger partial charge in [0.25, 0.3) is 0 Å². The van der Waals surface area contributed by atoms with Gasteiger partial charge in [-0.3, -0.25) is 5.32 Å². The first kappa shape index (κ1) is 18.1. The van der Waals surface area contributed by atoms with Gasteiger partial charge in [0.2, 0.25) is 0 Å². The van der Waals surface area contributed by atoms with E-state index in [9.17, 15) is 18.0 Å². The average molecular weight is 395 g/mol. The van der Waals surface area contributed by atoms with Crippen LogP contribution in [0.3, 0.4) is 0 Å². The number of anilines is 1. The Morgan fingerprint density at radius 2 is 2.22 bits per heavy atom. The second-order valence-electron chi connectivity index (χ2n) is 5.52. The van der Waals surface area contributed by atoms with Crippen molar-refractivity contribution < 1.29 is 22.7 Å². The number of alkyl halides is 3. The zero-order valence-electron chi connectivity index (χ0n) is 12.6. The number of halogens is 4. The largest absolute Gasteiger partial charge is 0.449 e. The Labute approximate surface area is 141 Å². The van der Waals surface area contributed by atoms with E-state index in [0.717, 1.165) is 37.9 Å². The molecule has 0 aromatic heterocycles. The summed E-state index contributed by atoms with van der Waals surface area (Å²) in [5, 5.41) is 2.44. The third kappa shape index (κ3) is 5.10. The SMILES string of the molecule is CN1CCCC1CCOC(=O)Nc1ccc(C(F)(F)F)cc1Br. The molecule has 1 aromatic rings. The maximum atomic E-state index is 12.6. The molecule has 1 aliphatic rings. The van der Waals surface area contributed by atoms with Crippen LogP contribution in [0, 0.1) is 0 Å². The van der Waals surface area contributed by atoms with Crippen molar-refractivity contribution in [3.63, 3.8) is 0 Å². The van der Waals surface area contributed by atoms with Gasteiger partial charge in [-0.25, -0.2) is 4.79 Å². The van der Waals surface area contributed by atoms with E-state index in [1.54, 1.807) is 0 Å². The van der Waals surface area contributed by atoms with Crippen LogP contribution in [0.1, 0.15) is 24.8 Å². The normalized spacial score (nSPS) is 18.9. The fourth-order valence-electron chi connectivity index (χ4n) is 2.57. The fraction of sp³-hybridized carbons (Fsp3) is 0.533. The van der Waals surface area contributed by atoms with Gasteiger partial charge in [0.05, 0.1) is 17.9 Å². The maximum Gasteiger partial charge on any atom is 0.416 e. The van der Waals surface area contributed by atoms with Crippen molar-refractivity contribution in [3.8, 4) is 0 Å². The summed E-state index contributed by atoms with van der Waals surface area (Å²) in [5.41, 5.74) is -0.548. The Balaban J connectivity index is 1.83. The number of ether oxygens (including phenoxy) is 1. The molecule has 1 heterocycles. The molecule has 1 aromatic carbocycles. The molecule has 8 heteroatoms. The van der Waals surface area contributed by atoms with Gasteiger partial charge in [0, 0.05) is 10.5 Å². The van der Waals surface area contributed by atoms with Crippen LogP contribution in [0.15, 0.2) is 22.7 Å². The molecular formula is C15H18BrF3N2O2. The molecule has 0 spiro atoms. The van der Waals surface area contributed by atoms with Gasteiger partial charge in [-0.15, -0.1) is 0 Å². The van der Waals surface area contributed by atoms with Crippen LogP contribution in [0.5, 0.6) is 0 Å². The number of hydrogen-bond acceptors (Lipinski definition) is 3. The first-order valence-corrected chi connectivity index (χ1v) is 8.07. The smallest absolute Gasteiger partial charge is 0.416 e. The second-order valence-corrected chi connectivity index (χ2v) is 6.37. The summed E-state index contributed by atoms with van der Waals surface area (Å²) < 4.78 is 43.0. The van der Waals surface area contributed by atoms with Crippen LogP contribution in [-0.2, 0) is 10.9 Å². The summed E-state index contributed by atoms with van der Waals surface area (Å²) in [6.45, 7) is 1.33. The summed E-state index contributed by atoms with van der Waals surface area (Å²) in [5.74, 6) is 0. The van der Waals surface area contributed by atoms with E-state index in [4.69, 9.17) is 4.74 Å². The molecule has 0 radical (unpaired) electrons. The lowest BCUT2D eigenvalue weighted by Gasteiger charge is -2.19. The zero-order chi connectivity index (χ0) is 17.0. The van der Waals surface area contributed by atoms with Crippen LogP contribution in [0.2, 0.25) is 0 Å². The zero-order valence-corrected chi connectivity index (χ0v) is 14.2. The van der Waals surface area contributed by atoms with Crippen LogP contribution >= 0.6 is 15.9 Å². The molecule has 1 aliphatic heterocycles. The Morgan fingerprint density at radius 3 is 2.78 bits per heavy atom. The number of carbonyl (C=O) groups is 1. The van der Waals surface area contributed by atoms with Crippen molar-refractivity contribution in [3.05, 3.63) is 28.2 Å². The lowest BCUT2D eigenvalue weighted by molar-refractivity contribution is -0.137. The number of carbonyl (C=O) groups excluding carboxylic acids is 1. The second kappa shape index (κ2) is 7.53. The van der Waals surface area contributed by atoms with E-state index in [-0.39, 0.29) is 16.8 Å². The molecule has 23 heavy (non-hydrogen) atoms. The van der Waals surface area contributed by atoms with Crippen molar-refractivity contribution >= 4 is 27.7 Å². The molecule has 0 saturated carbocycles. The number of nitrogens with one attached hydrogen (secondary N) is 1. The Bertz CT molecular complexity index is 566. The minimum absolute atomic E-state index is 0.153. The standard InChI is InChI=1S/C15H18BrF3N2O2/c1-21-7-2-3-11(21)6-8-23-14(22)20-13-5-4-10(9-12(13)16)15(17,18)19/h4-5,9,11H,2-3,6-8H2,1H3,(H,20,22). The molecule has 1 fully saturated rings. The van der Waals surface area contributed by atoms with E-state index in [0.29, 0.717) is 6.04 Å². The van der Waals surface area contributed by atoms with Crippen LogP contribution in [0.4, 0.5) is 23.7 Å². The van der Waals surface area contributed by atoms with Crippen LogP contribution < -0.4 is 5.32 Å². The lowest BCUT2D eigenvalue weighted by atomic mass is 10.1. The Morgan fingerprint density at radius 1 is 1.48 bits per heavy atom. The molecule has 1 amide bonds. The summed E-state index contributed by atoms with van der Waals surface area (Å²) in [4.78, 5) is 13.9. The highest BCUT2D eigenvalue weighted by Gasteiger charge is 2.31. The van der Waals surface area contributed by atoms with Gasteiger partial charge in [-0.1, -0.05) is 0 Å². The van der Waals surface area contributed by atoms with E-state index in [2.05, 4.69) is 26.1 Å². The first-order valence-electron chi connectivity index (χ1n) is 7.28. The third-order valence-electron chi connectivity index (χ3n) is 3.89. The highest BCUT2D eigenvalue weighted by Crippen LogP contribution is 2.33. The summed E-state index contributed by atoms with van der Waals surface area (Å²) in [6.07, 6.45) is -2.11. The number of nitrogens with zero attached hydrogens (tertiary/aromatic N) is 1. The molecule has 4 nitrogen and oxygen atoms in total. The van der Waals surface area contributed by atoms with Crippen molar-refractivity contribution in [1.82, 2.24) is 4.90 Å². The van der Waals surface area contributed by atoms with Crippen molar-refractivity contribution in [2.45, 2.75) is 31.5 Å². The number of rotatable bonds is 4.